The van der Waals surface area contributed by atoms with Crippen molar-refractivity contribution in [2.24, 2.45) is 5.14 Å². The number of benzene rings is 3. The van der Waals surface area contributed by atoms with Gasteiger partial charge in [-0.3, -0.25) is 9.59 Å². The van der Waals surface area contributed by atoms with E-state index < -0.39 is 50.1 Å². The van der Waals surface area contributed by atoms with E-state index >= 15 is 0 Å². The van der Waals surface area contributed by atoms with Crippen LogP contribution in [0.2, 0.25) is 0 Å². The highest BCUT2D eigenvalue weighted by Crippen LogP contribution is 2.34. The second-order valence-corrected chi connectivity index (χ2v) is 13.0. The average molecular weight is 574 g/mol. The second-order valence-electron chi connectivity index (χ2n) is 9.59. The zero-order valence-electron chi connectivity index (χ0n) is 21.8. The molecule has 206 valence electrons. The van der Waals surface area contributed by atoms with Crippen molar-refractivity contribution in [2.75, 3.05) is 4.90 Å². The van der Waals surface area contributed by atoms with Gasteiger partial charge in [0, 0.05) is 6.54 Å². The lowest BCUT2D eigenvalue weighted by Gasteiger charge is -2.29. The van der Waals surface area contributed by atoms with Gasteiger partial charge in [0.05, 0.1) is 21.9 Å². The third-order valence-electron chi connectivity index (χ3n) is 7.01. The van der Waals surface area contributed by atoms with E-state index in [0.717, 1.165) is 32.5 Å². The lowest BCUT2D eigenvalue weighted by molar-refractivity contribution is -0.122. The quantitative estimate of drug-likeness (QED) is 0.431. The fourth-order valence-electron chi connectivity index (χ4n) is 4.71. The van der Waals surface area contributed by atoms with Crippen LogP contribution in [-0.2, 0) is 36.2 Å². The molecule has 0 spiro atoms. The van der Waals surface area contributed by atoms with Gasteiger partial charge in [-0.05, 0) is 91.9 Å². The average Bonchev–Trinajstić information content (AvgIpc) is 3.15. The summed E-state index contributed by atoms with van der Waals surface area (Å²) in [6, 6.07) is 10.6. The van der Waals surface area contributed by atoms with Crippen molar-refractivity contribution in [3.63, 3.8) is 0 Å². The van der Waals surface area contributed by atoms with Crippen molar-refractivity contribution in [1.82, 2.24) is 4.31 Å². The van der Waals surface area contributed by atoms with E-state index in [1.54, 1.807) is 27.7 Å². The molecular weight excluding hydrogens is 545 g/mol. The van der Waals surface area contributed by atoms with E-state index in [0.29, 0.717) is 16.7 Å². The Kier molecular flexibility index (Phi) is 7.52. The first-order valence-electron chi connectivity index (χ1n) is 12.0. The summed E-state index contributed by atoms with van der Waals surface area (Å²) in [7, 11) is -8.34. The minimum atomic E-state index is -4.34. The van der Waals surface area contributed by atoms with Crippen molar-refractivity contribution in [3.8, 4) is 0 Å². The first-order valence-corrected chi connectivity index (χ1v) is 14.9. The molecule has 1 aliphatic heterocycles. The van der Waals surface area contributed by atoms with Gasteiger partial charge in [0.1, 0.15) is 11.9 Å². The summed E-state index contributed by atoms with van der Waals surface area (Å²) in [5, 5.41) is 5.14. The predicted octanol–water partition coefficient (Wildman–Crippen LogP) is 3.23. The van der Waals surface area contributed by atoms with E-state index in [-0.39, 0.29) is 22.0 Å². The first kappa shape index (κ1) is 28.6. The summed E-state index contributed by atoms with van der Waals surface area (Å²) in [6.07, 6.45) is -0.431. The summed E-state index contributed by atoms with van der Waals surface area (Å²) in [4.78, 5) is 27.4. The number of sulfonamides is 2. The third kappa shape index (κ3) is 5.37. The number of rotatable bonds is 7. The molecule has 4 rings (SSSR count). The van der Waals surface area contributed by atoms with E-state index in [4.69, 9.17) is 5.14 Å². The van der Waals surface area contributed by atoms with Gasteiger partial charge in [-0.1, -0.05) is 18.2 Å². The summed E-state index contributed by atoms with van der Waals surface area (Å²) in [5.74, 6) is -1.94. The Balaban J connectivity index is 1.82. The van der Waals surface area contributed by atoms with Gasteiger partial charge in [0.2, 0.25) is 26.0 Å². The number of halogens is 1. The Labute approximate surface area is 227 Å². The summed E-state index contributed by atoms with van der Waals surface area (Å²) in [6.45, 7) is 6.68. The van der Waals surface area contributed by atoms with Crippen molar-refractivity contribution in [3.05, 3.63) is 88.2 Å². The number of imide groups is 1. The molecule has 0 bridgehead atoms. The largest absolute Gasteiger partial charge is 0.274 e. The molecule has 1 aliphatic rings. The number of carbonyl (C=O) groups excluding carboxylic acids is 2. The fraction of sp³-hybridized carbons (Fsp3) is 0.259. The topological polar surface area (TPSA) is 135 Å². The van der Waals surface area contributed by atoms with Crippen LogP contribution >= 0.6 is 0 Å². The molecule has 0 aliphatic carbocycles. The molecule has 3 aromatic rings. The molecule has 1 fully saturated rings. The highest BCUT2D eigenvalue weighted by atomic mass is 32.2. The molecule has 1 saturated heterocycles. The van der Waals surface area contributed by atoms with Crippen molar-refractivity contribution in [2.45, 2.75) is 56.5 Å². The third-order valence-corrected chi connectivity index (χ3v) is 10.1. The van der Waals surface area contributed by atoms with Gasteiger partial charge in [0.25, 0.3) is 5.91 Å². The van der Waals surface area contributed by atoms with Gasteiger partial charge in [-0.2, -0.15) is 4.31 Å². The molecule has 9 nitrogen and oxygen atoms in total. The molecule has 0 saturated carbocycles. The Morgan fingerprint density at radius 2 is 1.44 bits per heavy atom. The lowest BCUT2D eigenvalue weighted by atomic mass is 10.0. The smallest absolute Gasteiger partial charge is 0.252 e. The number of carbonyl (C=O) groups is 2. The van der Waals surface area contributed by atoms with E-state index in [1.807, 2.05) is 6.07 Å². The van der Waals surface area contributed by atoms with Crippen molar-refractivity contribution < 1.29 is 30.8 Å². The van der Waals surface area contributed by atoms with Crippen LogP contribution in [0.15, 0.2) is 64.4 Å². The van der Waals surface area contributed by atoms with Crippen LogP contribution in [0, 0.1) is 33.5 Å². The summed E-state index contributed by atoms with van der Waals surface area (Å²) >= 11 is 0. The van der Waals surface area contributed by atoms with Gasteiger partial charge in [0.15, 0.2) is 0 Å². The SMILES string of the molecule is Cc1cc(C)c(C)c(S(=O)(=O)N(Cc2ccc(F)cc2)C2CC(=O)N(c3ccc(S(N)(=O)=O)cc3)C2=O)c1C. The standard InChI is InChI=1S/C27H28FN3O6S2/c1-16-13-17(2)19(4)26(18(16)3)39(36,37)30(15-20-5-7-21(28)8-6-20)24-14-25(32)31(27(24)33)22-9-11-23(12-10-22)38(29,34)35/h5-13,24H,14-15H2,1-4H3,(H2,29,34,35). The zero-order valence-corrected chi connectivity index (χ0v) is 23.4. The monoisotopic (exact) mass is 573 g/mol. The second kappa shape index (κ2) is 10.3. The normalized spacial score (nSPS) is 16.4. The molecular formula is C27H28FN3O6S2. The molecule has 39 heavy (non-hydrogen) atoms. The molecule has 3 aromatic carbocycles. The Morgan fingerprint density at radius 3 is 1.95 bits per heavy atom. The Morgan fingerprint density at radius 1 is 0.897 bits per heavy atom. The van der Waals surface area contributed by atoms with Gasteiger partial charge in [-0.25, -0.2) is 31.3 Å². The van der Waals surface area contributed by atoms with Gasteiger partial charge < -0.3 is 0 Å². The maximum Gasteiger partial charge on any atom is 0.252 e. The molecule has 0 radical (unpaired) electrons. The Hall–Kier alpha value is -3.45. The number of aryl methyl sites for hydroxylation is 2. The number of nitrogens with two attached hydrogens (primary N) is 1. The molecule has 1 atom stereocenters. The minimum absolute atomic E-state index is 0.0540. The molecule has 2 N–H and O–H groups in total. The van der Waals surface area contributed by atoms with Crippen LogP contribution in [0.1, 0.15) is 34.2 Å². The van der Waals surface area contributed by atoms with E-state index in [1.165, 1.54) is 36.4 Å². The minimum Gasteiger partial charge on any atom is -0.274 e. The number of amides is 2. The molecule has 0 aromatic heterocycles. The van der Waals surface area contributed by atoms with E-state index in [2.05, 4.69) is 0 Å². The summed E-state index contributed by atoms with van der Waals surface area (Å²) < 4.78 is 66.4. The van der Waals surface area contributed by atoms with Gasteiger partial charge >= 0.3 is 0 Å². The maximum atomic E-state index is 14.3. The van der Waals surface area contributed by atoms with Crippen molar-refractivity contribution >= 4 is 37.5 Å². The molecule has 12 heteroatoms. The number of hydrogen-bond donors (Lipinski definition) is 1. The lowest BCUT2D eigenvalue weighted by Crippen LogP contribution is -2.45. The van der Waals surface area contributed by atoms with Crippen LogP contribution in [0.3, 0.4) is 0 Å². The molecule has 1 heterocycles. The van der Waals surface area contributed by atoms with Crippen LogP contribution < -0.4 is 10.0 Å². The Bertz CT molecular complexity index is 1660. The zero-order chi connectivity index (χ0) is 28.9. The van der Waals surface area contributed by atoms with Crippen LogP contribution in [-0.4, -0.2) is 39.0 Å². The number of hydrogen-bond acceptors (Lipinski definition) is 6. The highest BCUT2D eigenvalue weighted by Gasteiger charge is 2.47. The molecule has 2 amide bonds. The first-order chi connectivity index (χ1) is 18.1. The van der Waals surface area contributed by atoms with Gasteiger partial charge in [-0.15, -0.1) is 0 Å². The van der Waals surface area contributed by atoms with Crippen LogP contribution in [0.5, 0.6) is 0 Å². The number of anilines is 1. The summed E-state index contributed by atoms with van der Waals surface area (Å²) in [5.41, 5.74) is 3.06. The number of nitrogens with zero attached hydrogens (tertiary/aromatic N) is 2. The van der Waals surface area contributed by atoms with E-state index in [9.17, 15) is 30.8 Å². The fourth-order valence-corrected chi connectivity index (χ4v) is 7.38. The van der Waals surface area contributed by atoms with Crippen LogP contribution in [0.4, 0.5) is 10.1 Å². The maximum absolute atomic E-state index is 14.3. The number of primary sulfonamides is 1. The molecule has 1 unspecified atom stereocenters. The predicted molar refractivity (Wildman–Crippen MR) is 143 cm³/mol. The van der Waals surface area contributed by atoms with Crippen molar-refractivity contribution in [1.29, 1.82) is 0 Å². The van der Waals surface area contributed by atoms with Crippen LogP contribution in [0.25, 0.3) is 0 Å². The highest BCUT2D eigenvalue weighted by molar-refractivity contribution is 7.89.